The minimum atomic E-state index is 0.122. The van der Waals surface area contributed by atoms with E-state index in [0.29, 0.717) is 6.42 Å². The fourth-order valence-corrected chi connectivity index (χ4v) is 2.62. The number of hydrogen-bond acceptors (Lipinski definition) is 3. The number of hydrogen-bond donors (Lipinski definition) is 0. The molecular weight excluding hydrogens is 228 g/mol. The molecule has 1 unspecified atom stereocenters. The third kappa shape index (κ3) is 1.40. The van der Waals surface area contributed by atoms with Gasteiger partial charge in [-0.25, -0.2) is 0 Å². The number of furan rings is 2. The largest absolute Gasteiger partial charge is 0.464 e. The van der Waals surface area contributed by atoms with Crippen molar-refractivity contribution in [3.8, 4) is 0 Å². The molecule has 0 spiro atoms. The number of aldehydes is 1. The molecule has 0 saturated carbocycles. The molecule has 92 valence electrons. The summed E-state index contributed by atoms with van der Waals surface area (Å²) in [5.74, 6) is 0.122. The predicted octanol–water partition coefficient (Wildman–Crippen LogP) is 4.18. The van der Waals surface area contributed by atoms with Gasteiger partial charge in [0.25, 0.3) is 0 Å². The maximum atomic E-state index is 10.8. The van der Waals surface area contributed by atoms with Gasteiger partial charge >= 0.3 is 0 Å². The fraction of sp³-hybridized carbons (Fsp3) is 0.267. The zero-order valence-corrected chi connectivity index (χ0v) is 10.4. The normalized spacial score (nSPS) is 13.2. The first-order valence-corrected chi connectivity index (χ1v) is 6.04. The van der Waals surface area contributed by atoms with Crippen molar-refractivity contribution < 1.29 is 13.6 Å². The Balaban J connectivity index is 2.43. The zero-order valence-electron chi connectivity index (χ0n) is 10.4. The molecule has 2 heterocycles. The number of rotatable bonds is 3. The summed E-state index contributed by atoms with van der Waals surface area (Å²) in [6.45, 7) is 4.06. The van der Waals surface area contributed by atoms with Crippen LogP contribution in [0.4, 0.5) is 0 Å². The highest BCUT2D eigenvalue weighted by Crippen LogP contribution is 2.38. The third-order valence-corrected chi connectivity index (χ3v) is 3.55. The maximum Gasteiger partial charge on any atom is 0.138 e. The molecule has 0 amide bonds. The molecule has 0 fully saturated rings. The summed E-state index contributed by atoms with van der Waals surface area (Å²) in [5, 5.41) is 2.11. The zero-order chi connectivity index (χ0) is 12.7. The van der Waals surface area contributed by atoms with Crippen molar-refractivity contribution in [1.82, 2.24) is 0 Å². The van der Waals surface area contributed by atoms with Crippen LogP contribution in [0.2, 0.25) is 0 Å². The lowest BCUT2D eigenvalue weighted by Gasteiger charge is -2.11. The van der Waals surface area contributed by atoms with Crippen molar-refractivity contribution in [2.24, 2.45) is 0 Å². The SMILES string of the molecule is Cc1c2ccoc2c(C(C)CC=O)c2ccoc12. The lowest BCUT2D eigenvalue weighted by molar-refractivity contribution is -0.108. The van der Waals surface area contributed by atoms with Crippen LogP contribution in [0.5, 0.6) is 0 Å². The van der Waals surface area contributed by atoms with Crippen LogP contribution in [0, 0.1) is 6.92 Å². The van der Waals surface area contributed by atoms with Crippen LogP contribution in [0.25, 0.3) is 21.9 Å². The lowest BCUT2D eigenvalue weighted by atomic mass is 9.92. The van der Waals surface area contributed by atoms with Gasteiger partial charge in [0, 0.05) is 28.3 Å². The Hall–Kier alpha value is -2.03. The van der Waals surface area contributed by atoms with Gasteiger partial charge in [0.05, 0.1) is 12.5 Å². The maximum absolute atomic E-state index is 10.8. The first kappa shape index (κ1) is 11.1. The van der Waals surface area contributed by atoms with Gasteiger partial charge in [-0.05, 0) is 25.0 Å². The van der Waals surface area contributed by atoms with Gasteiger partial charge in [-0.1, -0.05) is 6.92 Å². The van der Waals surface area contributed by atoms with Crippen LogP contribution in [0.1, 0.15) is 30.4 Å². The van der Waals surface area contributed by atoms with Crippen LogP contribution in [0.15, 0.2) is 33.5 Å². The van der Waals surface area contributed by atoms with Gasteiger partial charge < -0.3 is 13.6 Å². The monoisotopic (exact) mass is 242 g/mol. The second-order valence-corrected chi connectivity index (χ2v) is 4.67. The Labute approximate surface area is 104 Å². The number of carbonyl (C=O) groups excluding carboxylic acids is 1. The van der Waals surface area contributed by atoms with E-state index in [9.17, 15) is 4.79 Å². The van der Waals surface area contributed by atoms with E-state index >= 15 is 0 Å². The summed E-state index contributed by atoms with van der Waals surface area (Å²) in [6, 6.07) is 3.89. The summed E-state index contributed by atoms with van der Waals surface area (Å²) in [6.07, 6.45) is 4.81. The highest BCUT2D eigenvalue weighted by atomic mass is 16.3. The van der Waals surface area contributed by atoms with Gasteiger partial charge in [0.15, 0.2) is 0 Å². The van der Waals surface area contributed by atoms with E-state index in [2.05, 4.69) is 0 Å². The van der Waals surface area contributed by atoms with Crippen molar-refractivity contribution in [2.45, 2.75) is 26.2 Å². The molecule has 2 aromatic heterocycles. The highest BCUT2D eigenvalue weighted by Gasteiger charge is 2.20. The molecule has 0 radical (unpaired) electrons. The molecule has 0 aliphatic heterocycles. The molecule has 3 nitrogen and oxygen atoms in total. The lowest BCUT2D eigenvalue weighted by Crippen LogP contribution is -1.96. The molecule has 18 heavy (non-hydrogen) atoms. The Bertz CT molecular complexity index is 666. The smallest absolute Gasteiger partial charge is 0.138 e. The quantitative estimate of drug-likeness (QED) is 0.647. The van der Waals surface area contributed by atoms with Gasteiger partial charge in [-0.15, -0.1) is 0 Å². The first-order valence-electron chi connectivity index (χ1n) is 6.04. The summed E-state index contributed by atoms with van der Waals surface area (Å²) < 4.78 is 11.2. The summed E-state index contributed by atoms with van der Waals surface area (Å²) >= 11 is 0. The Morgan fingerprint density at radius 3 is 2.56 bits per heavy atom. The van der Waals surface area contributed by atoms with E-state index in [1.165, 1.54) is 0 Å². The highest BCUT2D eigenvalue weighted by molar-refractivity contribution is 6.01. The molecule has 0 aliphatic carbocycles. The van der Waals surface area contributed by atoms with Crippen LogP contribution in [0.3, 0.4) is 0 Å². The average Bonchev–Trinajstić information content (AvgIpc) is 2.97. The number of carbonyl (C=O) groups is 1. The molecule has 0 saturated heterocycles. The van der Waals surface area contributed by atoms with E-state index in [0.717, 1.165) is 39.4 Å². The minimum absolute atomic E-state index is 0.122. The van der Waals surface area contributed by atoms with Crippen molar-refractivity contribution in [3.05, 3.63) is 35.8 Å². The van der Waals surface area contributed by atoms with Gasteiger partial charge in [0.1, 0.15) is 17.5 Å². The van der Waals surface area contributed by atoms with E-state index in [1.807, 2.05) is 26.0 Å². The molecule has 1 aromatic carbocycles. The minimum Gasteiger partial charge on any atom is -0.464 e. The summed E-state index contributed by atoms with van der Waals surface area (Å²) in [5.41, 5.74) is 3.91. The van der Waals surface area contributed by atoms with Gasteiger partial charge in [0.2, 0.25) is 0 Å². The van der Waals surface area contributed by atoms with Crippen LogP contribution in [-0.4, -0.2) is 6.29 Å². The van der Waals surface area contributed by atoms with E-state index in [1.54, 1.807) is 12.5 Å². The Kier molecular flexibility index (Phi) is 2.47. The van der Waals surface area contributed by atoms with Crippen LogP contribution < -0.4 is 0 Å². The summed E-state index contributed by atoms with van der Waals surface area (Å²) in [7, 11) is 0. The first-order chi connectivity index (χ1) is 8.74. The number of benzene rings is 1. The van der Waals surface area contributed by atoms with E-state index in [4.69, 9.17) is 8.83 Å². The average molecular weight is 242 g/mol. The fourth-order valence-electron chi connectivity index (χ4n) is 2.62. The standard InChI is InChI=1S/C15H14O3/c1-9(3-6-16)13-12-5-8-17-14(12)10(2)11-4-7-18-15(11)13/h4-9H,3H2,1-2H3. The Morgan fingerprint density at radius 1 is 1.17 bits per heavy atom. The second kappa shape index (κ2) is 4.02. The third-order valence-electron chi connectivity index (χ3n) is 3.55. The molecule has 0 N–H and O–H groups in total. The van der Waals surface area contributed by atoms with Crippen LogP contribution >= 0.6 is 0 Å². The molecular formula is C15H14O3. The van der Waals surface area contributed by atoms with E-state index < -0.39 is 0 Å². The van der Waals surface area contributed by atoms with Crippen LogP contribution in [-0.2, 0) is 4.79 Å². The molecule has 0 bridgehead atoms. The van der Waals surface area contributed by atoms with Gasteiger partial charge in [-0.2, -0.15) is 0 Å². The number of aryl methyl sites for hydroxylation is 1. The van der Waals surface area contributed by atoms with Crippen molar-refractivity contribution in [3.63, 3.8) is 0 Å². The molecule has 3 aromatic rings. The second-order valence-electron chi connectivity index (χ2n) is 4.67. The van der Waals surface area contributed by atoms with Gasteiger partial charge in [-0.3, -0.25) is 0 Å². The summed E-state index contributed by atoms with van der Waals surface area (Å²) in [4.78, 5) is 10.8. The van der Waals surface area contributed by atoms with Crippen molar-refractivity contribution >= 4 is 28.2 Å². The number of fused-ring (bicyclic) bond motifs is 2. The van der Waals surface area contributed by atoms with Crippen molar-refractivity contribution in [1.29, 1.82) is 0 Å². The molecule has 1 atom stereocenters. The molecule has 3 heteroatoms. The topological polar surface area (TPSA) is 43.4 Å². The Morgan fingerprint density at radius 2 is 1.83 bits per heavy atom. The van der Waals surface area contributed by atoms with Crippen molar-refractivity contribution in [2.75, 3.05) is 0 Å². The van der Waals surface area contributed by atoms with E-state index in [-0.39, 0.29) is 5.92 Å². The molecule has 0 aliphatic rings. The molecule has 3 rings (SSSR count). The predicted molar refractivity (Wildman–Crippen MR) is 69.8 cm³/mol.